The highest BCUT2D eigenvalue weighted by Gasteiger charge is 2.33. The molecule has 32 heavy (non-hydrogen) atoms. The van der Waals surface area contributed by atoms with Gasteiger partial charge in [0.1, 0.15) is 5.69 Å². The third-order valence-corrected chi connectivity index (χ3v) is 7.29. The van der Waals surface area contributed by atoms with Crippen LogP contribution in [0.4, 0.5) is 0 Å². The van der Waals surface area contributed by atoms with Crippen molar-refractivity contribution in [3.05, 3.63) is 81.3 Å². The highest BCUT2D eigenvalue weighted by atomic mass is 32.1. The number of carbonyl (C=O) groups is 2. The largest absolute Gasteiger partial charge is 0.354 e. The van der Waals surface area contributed by atoms with Crippen molar-refractivity contribution in [1.29, 1.82) is 0 Å². The maximum absolute atomic E-state index is 13.1. The molecular formula is C26H31N3O2S. The van der Waals surface area contributed by atoms with Crippen LogP contribution < -0.4 is 0 Å². The number of benzene rings is 1. The SMILES string of the molecule is Cc1cc(C)c(C(=O)N2CCC(C(Cc3ccccc3)N(C)C(=O)c3ccsc3)CC2)[nH]1. The van der Waals surface area contributed by atoms with Crippen LogP contribution in [0.3, 0.4) is 0 Å². The zero-order valence-corrected chi connectivity index (χ0v) is 19.8. The average molecular weight is 450 g/mol. The molecule has 1 aliphatic rings. The maximum atomic E-state index is 13.1. The molecule has 6 heteroatoms. The summed E-state index contributed by atoms with van der Waals surface area (Å²) in [5, 5.41) is 3.86. The average Bonchev–Trinajstić information content (AvgIpc) is 3.46. The number of carbonyl (C=O) groups excluding carboxylic acids is 2. The number of likely N-dealkylation sites (tertiary alicyclic amines) is 1. The van der Waals surface area contributed by atoms with Crippen LogP contribution in [0.25, 0.3) is 0 Å². The highest BCUT2D eigenvalue weighted by Crippen LogP contribution is 2.28. The van der Waals surface area contributed by atoms with Gasteiger partial charge in [0.2, 0.25) is 0 Å². The summed E-state index contributed by atoms with van der Waals surface area (Å²) in [6, 6.07) is 14.4. The first-order valence-electron chi connectivity index (χ1n) is 11.2. The Labute approximate surface area is 194 Å². The smallest absolute Gasteiger partial charge is 0.270 e. The van der Waals surface area contributed by atoms with Gasteiger partial charge in [-0.3, -0.25) is 9.59 Å². The van der Waals surface area contributed by atoms with Crippen molar-refractivity contribution < 1.29 is 9.59 Å². The summed E-state index contributed by atoms with van der Waals surface area (Å²) in [5.74, 6) is 0.498. The maximum Gasteiger partial charge on any atom is 0.270 e. The zero-order chi connectivity index (χ0) is 22.7. The second-order valence-electron chi connectivity index (χ2n) is 8.83. The molecule has 1 unspecified atom stereocenters. The monoisotopic (exact) mass is 449 g/mol. The molecule has 0 bridgehead atoms. The van der Waals surface area contributed by atoms with Gasteiger partial charge in [-0.15, -0.1) is 0 Å². The number of hydrogen-bond acceptors (Lipinski definition) is 3. The van der Waals surface area contributed by atoms with Crippen molar-refractivity contribution in [2.75, 3.05) is 20.1 Å². The van der Waals surface area contributed by atoms with E-state index in [0.717, 1.165) is 36.1 Å². The van der Waals surface area contributed by atoms with Crippen molar-refractivity contribution in [1.82, 2.24) is 14.8 Å². The first kappa shape index (κ1) is 22.3. The van der Waals surface area contributed by atoms with Crippen LogP contribution in [-0.2, 0) is 6.42 Å². The molecule has 168 valence electrons. The molecule has 1 N–H and O–H groups in total. The Morgan fingerprint density at radius 2 is 1.88 bits per heavy atom. The van der Waals surface area contributed by atoms with E-state index in [0.29, 0.717) is 24.7 Å². The fourth-order valence-electron chi connectivity index (χ4n) is 4.81. The van der Waals surface area contributed by atoms with Gasteiger partial charge < -0.3 is 14.8 Å². The lowest BCUT2D eigenvalue weighted by molar-refractivity contribution is 0.0520. The van der Waals surface area contributed by atoms with Crippen molar-refractivity contribution in [2.24, 2.45) is 5.92 Å². The fraction of sp³-hybridized carbons (Fsp3) is 0.385. The number of aromatic amines is 1. The van der Waals surface area contributed by atoms with E-state index in [1.165, 1.54) is 5.56 Å². The minimum absolute atomic E-state index is 0.0724. The molecule has 3 heterocycles. The predicted molar refractivity (Wildman–Crippen MR) is 129 cm³/mol. The number of nitrogens with one attached hydrogen (secondary N) is 1. The van der Waals surface area contributed by atoms with E-state index in [2.05, 4.69) is 29.2 Å². The molecule has 3 aromatic rings. The van der Waals surface area contributed by atoms with Crippen LogP contribution in [0, 0.1) is 19.8 Å². The molecule has 0 aliphatic carbocycles. The molecule has 1 atom stereocenters. The van der Waals surface area contributed by atoms with Crippen molar-refractivity contribution in [3.8, 4) is 0 Å². The molecule has 1 saturated heterocycles. The van der Waals surface area contributed by atoms with Gasteiger partial charge in [-0.1, -0.05) is 30.3 Å². The summed E-state index contributed by atoms with van der Waals surface area (Å²) < 4.78 is 0. The summed E-state index contributed by atoms with van der Waals surface area (Å²) in [7, 11) is 1.93. The number of nitrogens with zero attached hydrogens (tertiary/aromatic N) is 2. The molecular weight excluding hydrogens is 418 g/mol. The molecule has 0 spiro atoms. The van der Waals surface area contributed by atoms with Crippen LogP contribution in [0.5, 0.6) is 0 Å². The van der Waals surface area contributed by atoms with Gasteiger partial charge in [0, 0.05) is 37.3 Å². The minimum atomic E-state index is 0.0724. The van der Waals surface area contributed by atoms with Crippen LogP contribution in [0.15, 0.2) is 53.2 Å². The quantitative estimate of drug-likeness (QED) is 0.580. The fourth-order valence-corrected chi connectivity index (χ4v) is 5.44. The Balaban J connectivity index is 1.48. The Hall–Kier alpha value is -2.86. The van der Waals surface area contributed by atoms with Crippen LogP contribution >= 0.6 is 11.3 Å². The van der Waals surface area contributed by atoms with Crippen molar-refractivity contribution in [3.63, 3.8) is 0 Å². The van der Waals surface area contributed by atoms with Gasteiger partial charge in [0.25, 0.3) is 11.8 Å². The summed E-state index contributed by atoms with van der Waals surface area (Å²) in [5.41, 5.74) is 4.70. The summed E-state index contributed by atoms with van der Waals surface area (Å²) in [6.45, 7) is 5.38. The van der Waals surface area contributed by atoms with Gasteiger partial charge in [-0.25, -0.2) is 0 Å². The molecule has 1 aliphatic heterocycles. The van der Waals surface area contributed by atoms with Gasteiger partial charge in [0.05, 0.1) is 5.56 Å². The van der Waals surface area contributed by atoms with E-state index in [9.17, 15) is 9.59 Å². The molecule has 0 saturated carbocycles. The highest BCUT2D eigenvalue weighted by molar-refractivity contribution is 7.08. The van der Waals surface area contributed by atoms with Gasteiger partial charge in [-0.2, -0.15) is 11.3 Å². The van der Waals surface area contributed by atoms with Crippen LogP contribution in [0.2, 0.25) is 0 Å². The van der Waals surface area contributed by atoms with Gasteiger partial charge >= 0.3 is 0 Å². The molecule has 5 nitrogen and oxygen atoms in total. The summed E-state index contributed by atoms with van der Waals surface area (Å²) in [6.07, 6.45) is 2.60. The Bertz CT molecular complexity index is 1050. The number of piperidine rings is 1. The van der Waals surface area contributed by atoms with E-state index >= 15 is 0 Å². The number of likely N-dealkylation sites (N-methyl/N-ethyl adjacent to an activating group) is 1. The lowest BCUT2D eigenvalue weighted by Crippen LogP contribution is -2.48. The number of H-pyrrole nitrogens is 1. The molecule has 2 aromatic heterocycles. The predicted octanol–water partition coefficient (Wildman–Crippen LogP) is 4.93. The van der Waals surface area contributed by atoms with Crippen molar-refractivity contribution >= 4 is 23.2 Å². The molecule has 1 fully saturated rings. The zero-order valence-electron chi connectivity index (χ0n) is 19.0. The third-order valence-electron chi connectivity index (χ3n) is 6.61. The third kappa shape index (κ3) is 4.80. The van der Waals surface area contributed by atoms with E-state index in [4.69, 9.17) is 0 Å². The van der Waals surface area contributed by atoms with E-state index in [-0.39, 0.29) is 17.9 Å². The first-order valence-corrected chi connectivity index (χ1v) is 12.2. The topological polar surface area (TPSA) is 56.4 Å². The number of amides is 2. The molecule has 2 amide bonds. The van der Waals surface area contributed by atoms with E-state index < -0.39 is 0 Å². The van der Waals surface area contributed by atoms with Crippen LogP contribution in [-0.4, -0.2) is 52.8 Å². The summed E-state index contributed by atoms with van der Waals surface area (Å²) in [4.78, 5) is 33.3. The second-order valence-corrected chi connectivity index (χ2v) is 9.61. The Morgan fingerprint density at radius 1 is 1.16 bits per heavy atom. The Kier molecular flexibility index (Phi) is 6.80. The number of hydrogen-bond donors (Lipinski definition) is 1. The number of aromatic nitrogens is 1. The minimum Gasteiger partial charge on any atom is -0.354 e. The van der Waals surface area contributed by atoms with E-state index in [1.807, 2.05) is 59.7 Å². The molecule has 4 rings (SSSR count). The van der Waals surface area contributed by atoms with Crippen LogP contribution in [0.1, 0.15) is 50.5 Å². The molecule has 0 radical (unpaired) electrons. The normalized spacial score (nSPS) is 15.5. The molecule has 1 aromatic carbocycles. The van der Waals surface area contributed by atoms with Gasteiger partial charge in [0.15, 0.2) is 0 Å². The lowest BCUT2D eigenvalue weighted by Gasteiger charge is -2.40. The second kappa shape index (κ2) is 9.74. The number of rotatable bonds is 6. The van der Waals surface area contributed by atoms with E-state index in [1.54, 1.807) is 11.3 Å². The summed E-state index contributed by atoms with van der Waals surface area (Å²) >= 11 is 1.55. The number of thiophene rings is 1. The van der Waals surface area contributed by atoms with Crippen molar-refractivity contribution in [2.45, 2.75) is 39.2 Å². The van der Waals surface area contributed by atoms with Gasteiger partial charge in [-0.05, 0) is 67.7 Å². The standard InChI is InChI=1S/C26H31N3O2S/c1-18-15-19(2)27-24(18)26(31)29-12-9-21(10-13-29)23(16-20-7-5-4-6-8-20)28(3)25(30)22-11-14-32-17-22/h4-8,11,14-15,17,21,23,27H,9-10,12-13,16H2,1-3H3. The Morgan fingerprint density at radius 3 is 2.47 bits per heavy atom. The number of aryl methyl sites for hydroxylation is 2. The lowest BCUT2D eigenvalue weighted by atomic mass is 9.84. The first-order chi connectivity index (χ1) is 15.4.